The van der Waals surface area contributed by atoms with Crippen LogP contribution in [-0.4, -0.2) is 36.1 Å². The van der Waals surface area contributed by atoms with E-state index in [1.807, 2.05) is 20.8 Å². The molecule has 0 aromatic carbocycles. The monoisotopic (exact) mass is 331 g/mol. The van der Waals surface area contributed by atoms with Crippen molar-refractivity contribution in [2.75, 3.05) is 25.1 Å². The zero-order valence-corrected chi connectivity index (χ0v) is 15.4. The molecule has 2 heterocycles. The molecule has 2 aliphatic rings. The van der Waals surface area contributed by atoms with Gasteiger partial charge in [-0.2, -0.15) is 0 Å². The molecule has 0 spiro atoms. The summed E-state index contributed by atoms with van der Waals surface area (Å²) in [7, 11) is 1.48. The molecule has 1 atom stereocenters. The highest BCUT2D eigenvalue weighted by Crippen LogP contribution is 2.37. The van der Waals surface area contributed by atoms with E-state index >= 15 is 0 Å². The predicted molar refractivity (Wildman–Crippen MR) is 94.1 cm³/mol. The third-order valence-electron chi connectivity index (χ3n) is 5.73. The molecular formula is C19H29N3O2. The lowest BCUT2D eigenvalue weighted by molar-refractivity contribution is -0.154. The number of piperidine rings is 1. The van der Waals surface area contributed by atoms with Crippen LogP contribution in [0.3, 0.4) is 0 Å². The summed E-state index contributed by atoms with van der Waals surface area (Å²) in [5.41, 5.74) is 2.11. The molecule has 132 valence electrons. The molecule has 1 unspecified atom stereocenters. The fourth-order valence-corrected chi connectivity index (χ4v) is 4.14. The molecule has 1 aliphatic heterocycles. The highest BCUT2D eigenvalue weighted by molar-refractivity contribution is 5.76. The molecule has 24 heavy (non-hydrogen) atoms. The number of ether oxygens (including phenoxy) is 1. The number of esters is 1. The smallest absolute Gasteiger partial charge is 0.311 e. The van der Waals surface area contributed by atoms with E-state index in [1.165, 1.54) is 31.2 Å². The van der Waals surface area contributed by atoms with Gasteiger partial charge >= 0.3 is 5.97 Å². The van der Waals surface area contributed by atoms with Gasteiger partial charge in [0.2, 0.25) is 0 Å². The molecule has 3 rings (SSSR count). The summed E-state index contributed by atoms with van der Waals surface area (Å²) >= 11 is 0. The molecule has 1 aliphatic carbocycles. The van der Waals surface area contributed by atoms with Crippen LogP contribution >= 0.6 is 0 Å². The van der Waals surface area contributed by atoms with Gasteiger partial charge in [-0.15, -0.1) is 0 Å². The Morgan fingerprint density at radius 1 is 1.21 bits per heavy atom. The SMILES string of the molecule is COC(=O)C(C)(C)C1CCCN(c2nc(C)nc3c2CCCC3)C1. The van der Waals surface area contributed by atoms with Gasteiger partial charge in [-0.3, -0.25) is 4.79 Å². The number of anilines is 1. The van der Waals surface area contributed by atoms with Crippen molar-refractivity contribution in [2.45, 2.75) is 59.3 Å². The first-order valence-corrected chi connectivity index (χ1v) is 9.13. The maximum Gasteiger partial charge on any atom is 0.311 e. The van der Waals surface area contributed by atoms with Crippen LogP contribution in [0.25, 0.3) is 0 Å². The minimum Gasteiger partial charge on any atom is -0.469 e. The number of carbonyl (C=O) groups is 1. The van der Waals surface area contributed by atoms with Gasteiger partial charge < -0.3 is 9.64 Å². The van der Waals surface area contributed by atoms with Gasteiger partial charge in [-0.05, 0) is 65.2 Å². The van der Waals surface area contributed by atoms with Crippen LogP contribution < -0.4 is 4.90 Å². The highest BCUT2D eigenvalue weighted by atomic mass is 16.5. The van der Waals surface area contributed by atoms with Crippen LogP contribution in [-0.2, 0) is 22.4 Å². The Morgan fingerprint density at radius 3 is 2.71 bits per heavy atom. The molecular weight excluding hydrogens is 302 g/mol. The van der Waals surface area contributed by atoms with E-state index in [-0.39, 0.29) is 11.9 Å². The van der Waals surface area contributed by atoms with E-state index in [0.29, 0.717) is 0 Å². The lowest BCUT2D eigenvalue weighted by Crippen LogP contribution is -2.46. The molecule has 0 saturated carbocycles. The standard InChI is InChI=1S/C19H29N3O2/c1-13-20-16-10-6-5-9-15(16)17(21-13)22-11-7-8-14(12-22)19(2,3)18(23)24-4/h14H,5-12H2,1-4H3. The summed E-state index contributed by atoms with van der Waals surface area (Å²) in [5, 5.41) is 0. The van der Waals surface area contributed by atoms with Crippen molar-refractivity contribution < 1.29 is 9.53 Å². The van der Waals surface area contributed by atoms with Gasteiger partial charge in [0, 0.05) is 24.3 Å². The number of hydrogen-bond donors (Lipinski definition) is 0. The summed E-state index contributed by atoms with van der Waals surface area (Å²) in [6.07, 6.45) is 6.73. The summed E-state index contributed by atoms with van der Waals surface area (Å²) in [4.78, 5) is 24.0. The molecule has 5 heteroatoms. The van der Waals surface area contributed by atoms with E-state index < -0.39 is 5.41 Å². The summed E-state index contributed by atoms with van der Waals surface area (Å²) < 4.78 is 5.04. The lowest BCUT2D eigenvalue weighted by Gasteiger charge is -2.41. The zero-order valence-electron chi connectivity index (χ0n) is 15.4. The quantitative estimate of drug-likeness (QED) is 0.797. The molecule has 0 amide bonds. The maximum absolute atomic E-state index is 12.2. The molecule has 1 saturated heterocycles. The molecule has 1 aromatic rings. The second kappa shape index (κ2) is 6.69. The Morgan fingerprint density at radius 2 is 1.96 bits per heavy atom. The predicted octanol–water partition coefficient (Wildman–Crippen LogP) is 3.08. The number of rotatable bonds is 3. The van der Waals surface area contributed by atoms with Crippen molar-refractivity contribution in [1.82, 2.24) is 9.97 Å². The van der Waals surface area contributed by atoms with E-state index in [1.54, 1.807) is 0 Å². The van der Waals surface area contributed by atoms with Gasteiger partial charge in [0.05, 0.1) is 12.5 Å². The summed E-state index contributed by atoms with van der Waals surface area (Å²) in [6.45, 7) is 7.88. The maximum atomic E-state index is 12.2. The first-order valence-electron chi connectivity index (χ1n) is 9.13. The van der Waals surface area contributed by atoms with Crippen molar-refractivity contribution >= 4 is 11.8 Å². The van der Waals surface area contributed by atoms with E-state index in [0.717, 1.165) is 50.4 Å². The van der Waals surface area contributed by atoms with Crippen LogP contribution in [0.15, 0.2) is 0 Å². The van der Waals surface area contributed by atoms with E-state index in [4.69, 9.17) is 9.72 Å². The van der Waals surface area contributed by atoms with Crippen LogP contribution in [0.4, 0.5) is 5.82 Å². The number of aromatic nitrogens is 2. The van der Waals surface area contributed by atoms with Gasteiger partial charge in [-0.1, -0.05) is 0 Å². The fourth-order valence-electron chi connectivity index (χ4n) is 4.14. The van der Waals surface area contributed by atoms with Crippen molar-refractivity contribution in [2.24, 2.45) is 11.3 Å². The van der Waals surface area contributed by atoms with Gasteiger partial charge in [-0.25, -0.2) is 9.97 Å². The van der Waals surface area contributed by atoms with Gasteiger partial charge in [0.25, 0.3) is 0 Å². The largest absolute Gasteiger partial charge is 0.469 e. The second-order valence-electron chi connectivity index (χ2n) is 7.73. The number of hydrogen-bond acceptors (Lipinski definition) is 5. The van der Waals surface area contributed by atoms with Crippen molar-refractivity contribution in [3.63, 3.8) is 0 Å². The Hall–Kier alpha value is -1.65. The highest BCUT2D eigenvalue weighted by Gasteiger charge is 2.40. The number of methoxy groups -OCH3 is 1. The van der Waals surface area contributed by atoms with Crippen LogP contribution in [0.5, 0.6) is 0 Å². The minimum absolute atomic E-state index is 0.116. The third-order valence-corrected chi connectivity index (χ3v) is 5.73. The Balaban J connectivity index is 1.88. The first-order chi connectivity index (χ1) is 11.4. The van der Waals surface area contributed by atoms with Crippen molar-refractivity contribution in [3.8, 4) is 0 Å². The van der Waals surface area contributed by atoms with Crippen molar-refractivity contribution in [1.29, 1.82) is 0 Å². The van der Waals surface area contributed by atoms with Gasteiger partial charge in [0.1, 0.15) is 11.6 Å². The Kier molecular flexibility index (Phi) is 4.79. The topological polar surface area (TPSA) is 55.3 Å². The molecule has 1 fully saturated rings. The number of carbonyl (C=O) groups excluding carboxylic acids is 1. The Labute approximate surface area is 144 Å². The second-order valence-corrected chi connectivity index (χ2v) is 7.73. The molecule has 0 N–H and O–H groups in total. The average molecular weight is 331 g/mol. The first kappa shape index (κ1) is 17.2. The van der Waals surface area contributed by atoms with Crippen LogP contribution in [0.1, 0.15) is 56.6 Å². The summed E-state index contributed by atoms with van der Waals surface area (Å²) in [5.74, 6) is 2.14. The zero-order chi connectivity index (χ0) is 17.3. The van der Waals surface area contributed by atoms with E-state index in [2.05, 4.69) is 9.88 Å². The Bertz CT molecular complexity index is 627. The number of aryl methyl sites for hydroxylation is 2. The van der Waals surface area contributed by atoms with Crippen LogP contribution in [0, 0.1) is 18.3 Å². The average Bonchev–Trinajstić information content (AvgIpc) is 2.60. The third kappa shape index (κ3) is 3.13. The lowest BCUT2D eigenvalue weighted by atomic mass is 9.74. The van der Waals surface area contributed by atoms with Gasteiger partial charge in [0.15, 0.2) is 0 Å². The number of fused-ring (bicyclic) bond motifs is 1. The molecule has 0 bridgehead atoms. The van der Waals surface area contributed by atoms with Crippen molar-refractivity contribution in [3.05, 3.63) is 17.1 Å². The normalized spacial score (nSPS) is 21.3. The minimum atomic E-state index is -0.463. The molecule has 0 radical (unpaired) electrons. The molecule has 1 aromatic heterocycles. The summed E-state index contributed by atoms with van der Waals surface area (Å²) in [6, 6.07) is 0. The molecule has 5 nitrogen and oxygen atoms in total. The fraction of sp³-hybridized carbons (Fsp3) is 0.737. The number of nitrogens with zero attached hydrogens (tertiary/aromatic N) is 3. The van der Waals surface area contributed by atoms with E-state index in [9.17, 15) is 4.79 Å². The van der Waals surface area contributed by atoms with Crippen LogP contribution in [0.2, 0.25) is 0 Å².